The lowest BCUT2D eigenvalue weighted by molar-refractivity contribution is 0.287. The van der Waals surface area contributed by atoms with Crippen LogP contribution in [-0.2, 0) is 10.0 Å². The van der Waals surface area contributed by atoms with E-state index in [9.17, 15) is 8.42 Å². The van der Waals surface area contributed by atoms with E-state index in [1.54, 1.807) is 4.31 Å². The highest BCUT2D eigenvalue weighted by Gasteiger charge is 2.24. The Labute approximate surface area is 86.7 Å². The third kappa shape index (κ3) is 3.55. The Balaban J connectivity index is 2.44. The van der Waals surface area contributed by atoms with Gasteiger partial charge in [0.1, 0.15) is 0 Å². The van der Waals surface area contributed by atoms with Crippen LogP contribution in [0.2, 0.25) is 0 Å². The van der Waals surface area contributed by atoms with Crippen LogP contribution in [0, 0.1) is 0 Å². The highest BCUT2D eigenvalue weighted by molar-refractivity contribution is 7.88. The van der Waals surface area contributed by atoms with E-state index in [0.717, 1.165) is 25.8 Å². The van der Waals surface area contributed by atoms with Gasteiger partial charge in [0.05, 0.1) is 6.26 Å². The van der Waals surface area contributed by atoms with Crippen LogP contribution in [0.25, 0.3) is 0 Å². The highest BCUT2D eigenvalue weighted by Crippen LogP contribution is 2.09. The Hall–Kier alpha value is -0.130. The van der Waals surface area contributed by atoms with Crippen molar-refractivity contribution in [3.05, 3.63) is 0 Å². The van der Waals surface area contributed by atoms with Crippen LogP contribution in [0.1, 0.15) is 26.2 Å². The number of sulfonamides is 1. The largest absolute Gasteiger partial charge is 0.311 e. The molecule has 0 saturated carbocycles. The molecule has 1 aliphatic rings. The molecule has 1 fully saturated rings. The second-order valence-electron chi connectivity index (χ2n) is 3.91. The zero-order valence-corrected chi connectivity index (χ0v) is 9.81. The molecular formula is C9H20N2O2S. The number of hydrogen-bond acceptors (Lipinski definition) is 3. The first-order valence-corrected chi connectivity index (χ1v) is 7.07. The molecule has 0 aliphatic carbocycles. The molecular weight excluding hydrogens is 200 g/mol. The van der Waals surface area contributed by atoms with E-state index < -0.39 is 10.0 Å². The molecule has 1 atom stereocenters. The Morgan fingerprint density at radius 2 is 2.21 bits per heavy atom. The van der Waals surface area contributed by atoms with Crippen LogP contribution >= 0.6 is 0 Å². The lowest BCUT2D eigenvalue weighted by Crippen LogP contribution is -2.52. The van der Waals surface area contributed by atoms with Crippen molar-refractivity contribution >= 4 is 10.0 Å². The summed E-state index contributed by atoms with van der Waals surface area (Å²) < 4.78 is 24.2. The maximum atomic E-state index is 11.3. The highest BCUT2D eigenvalue weighted by atomic mass is 32.2. The fraction of sp³-hybridized carbons (Fsp3) is 1.00. The van der Waals surface area contributed by atoms with Crippen molar-refractivity contribution < 1.29 is 8.42 Å². The number of rotatable bonds is 4. The second kappa shape index (κ2) is 5.09. The van der Waals surface area contributed by atoms with Gasteiger partial charge in [-0.1, -0.05) is 19.8 Å². The minimum Gasteiger partial charge on any atom is -0.311 e. The monoisotopic (exact) mass is 220 g/mol. The van der Waals surface area contributed by atoms with E-state index in [1.165, 1.54) is 6.26 Å². The summed E-state index contributed by atoms with van der Waals surface area (Å²) in [7, 11) is -2.99. The molecule has 0 spiro atoms. The first-order chi connectivity index (χ1) is 6.54. The molecule has 0 aromatic rings. The van der Waals surface area contributed by atoms with Gasteiger partial charge in [-0.3, -0.25) is 0 Å². The maximum absolute atomic E-state index is 11.3. The Morgan fingerprint density at radius 3 is 2.79 bits per heavy atom. The fourth-order valence-electron chi connectivity index (χ4n) is 1.74. The van der Waals surface area contributed by atoms with Gasteiger partial charge in [0.15, 0.2) is 0 Å². The summed E-state index contributed by atoms with van der Waals surface area (Å²) in [6.07, 6.45) is 4.68. The molecule has 1 N–H and O–H groups in total. The smallest absolute Gasteiger partial charge is 0.211 e. The molecule has 84 valence electrons. The summed E-state index contributed by atoms with van der Waals surface area (Å²) in [5.41, 5.74) is 0. The van der Waals surface area contributed by atoms with Gasteiger partial charge in [0.25, 0.3) is 0 Å². The molecule has 14 heavy (non-hydrogen) atoms. The zero-order valence-electron chi connectivity index (χ0n) is 8.99. The summed E-state index contributed by atoms with van der Waals surface area (Å²) >= 11 is 0. The van der Waals surface area contributed by atoms with Gasteiger partial charge >= 0.3 is 0 Å². The molecule has 0 amide bonds. The first-order valence-electron chi connectivity index (χ1n) is 5.22. The van der Waals surface area contributed by atoms with Crippen molar-refractivity contribution in [3.63, 3.8) is 0 Å². The third-order valence-corrected chi connectivity index (χ3v) is 3.86. The SMILES string of the molecule is CCCCC1CN(S(C)(=O)=O)CCN1. The second-order valence-corrected chi connectivity index (χ2v) is 5.90. The molecule has 0 aromatic heterocycles. The van der Waals surface area contributed by atoms with Gasteiger partial charge in [-0.15, -0.1) is 0 Å². The topological polar surface area (TPSA) is 49.4 Å². The standard InChI is InChI=1S/C9H20N2O2S/c1-3-4-5-9-8-11(7-6-10-9)14(2,12)13/h9-10H,3-8H2,1-2H3. The predicted octanol–water partition coefficient (Wildman–Crippen LogP) is 0.410. The van der Waals surface area contributed by atoms with Crippen molar-refractivity contribution in [2.24, 2.45) is 0 Å². The quantitative estimate of drug-likeness (QED) is 0.746. The van der Waals surface area contributed by atoms with Crippen molar-refractivity contribution in [2.45, 2.75) is 32.2 Å². The van der Waals surface area contributed by atoms with Crippen LogP contribution in [-0.4, -0.2) is 44.7 Å². The van der Waals surface area contributed by atoms with E-state index in [4.69, 9.17) is 0 Å². The van der Waals surface area contributed by atoms with Crippen LogP contribution < -0.4 is 5.32 Å². The Kier molecular flexibility index (Phi) is 4.34. The third-order valence-electron chi connectivity index (χ3n) is 2.59. The van der Waals surface area contributed by atoms with Gasteiger partial charge in [0, 0.05) is 25.7 Å². The van der Waals surface area contributed by atoms with Crippen molar-refractivity contribution in [1.82, 2.24) is 9.62 Å². The molecule has 1 rings (SSSR count). The lowest BCUT2D eigenvalue weighted by atomic mass is 10.1. The van der Waals surface area contributed by atoms with E-state index in [2.05, 4.69) is 12.2 Å². The molecule has 1 aliphatic heterocycles. The number of piperazine rings is 1. The summed E-state index contributed by atoms with van der Waals surface area (Å²) in [4.78, 5) is 0. The molecule has 0 bridgehead atoms. The molecule has 4 nitrogen and oxygen atoms in total. The summed E-state index contributed by atoms with van der Waals surface area (Å²) in [6, 6.07) is 0.346. The number of unbranched alkanes of at least 4 members (excludes halogenated alkanes) is 1. The number of nitrogens with zero attached hydrogens (tertiary/aromatic N) is 1. The number of hydrogen-bond donors (Lipinski definition) is 1. The summed E-state index contributed by atoms with van der Waals surface area (Å²) in [5.74, 6) is 0. The van der Waals surface area contributed by atoms with Crippen molar-refractivity contribution in [1.29, 1.82) is 0 Å². The van der Waals surface area contributed by atoms with Crippen LogP contribution in [0.5, 0.6) is 0 Å². The van der Waals surface area contributed by atoms with E-state index >= 15 is 0 Å². The Morgan fingerprint density at radius 1 is 1.50 bits per heavy atom. The van der Waals surface area contributed by atoms with Crippen LogP contribution in [0.4, 0.5) is 0 Å². The minimum absolute atomic E-state index is 0.346. The molecule has 1 saturated heterocycles. The van der Waals surface area contributed by atoms with E-state index in [0.29, 0.717) is 19.1 Å². The van der Waals surface area contributed by atoms with Gasteiger partial charge in [-0.05, 0) is 6.42 Å². The van der Waals surface area contributed by atoms with E-state index in [-0.39, 0.29) is 0 Å². The molecule has 5 heteroatoms. The molecule has 1 unspecified atom stereocenters. The normalized spacial score (nSPS) is 25.1. The summed E-state index contributed by atoms with van der Waals surface area (Å²) in [6.45, 7) is 4.18. The average Bonchev–Trinajstić information content (AvgIpc) is 2.14. The van der Waals surface area contributed by atoms with Crippen LogP contribution in [0.3, 0.4) is 0 Å². The van der Waals surface area contributed by atoms with Crippen LogP contribution in [0.15, 0.2) is 0 Å². The molecule has 0 aromatic carbocycles. The van der Waals surface area contributed by atoms with Crippen molar-refractivity contribution in [3.8, 4) is 0 Å². The fourth-order valence-corrected chi connectivity index (χ4v) is 2.61. The van der Waals surface area contributed by atoms with E-state index in [1.807, 2.05) is 0 Å². The summed E-state index contributed by atoms with van der Waals surface area (Å²) in [5, 5.41) is 3.35. The van der Waals surface area contributed by atoms with Crippen molar-refractivity contribution in [2.75, 3.05) is 25.9 Å². The number of nitrogens with one attached hydrogen (secondary N) is 1. The minimum atomic E-state index is -2.99. The lowest BCUT2D eigenvalue weighted by Gasteiger charge is -2.31. The van der Waals surface area contributed by atoms with Gasteiger partial charge in [0.2, 0.25) is 10.0 Å². The zero-order chi connectivity index (χ0) is 10.6. The maximum Gasteiger partial charge on any atom is 0.211 e. The Bertz CT molecular complexity index is 264. The first kappa shape index (κ1) is 11.9. The van der Waals surface area contributed by atoms with Gasteiger partial charge in [-0.2, -0.15) is 4.31 Å². The molecule has 0 radical (unpaired) electrons. The van der Waals surface area contributed by atoms with Gasteiger partial charge in [-0.25, -0.2) is 8.42 Å². The van der Waals surface area contributed by atoms with Gasteiger partial charge < -0.3 is 5.32 Å². The average molecular weight is 220 g/mol. The molecule has 1 heterocycles. The predicted molar refractivity (Wildman–Crippen MR) is 57.7 cm³/mol.